The van der Waals surface area contributed by atoms with Crippen LogP contribution in [0, 0.1) is 11.8 Å². The Morgan fingerprint density at radius 3 is 2.47 bits per heavy atom. The molecule has 0 spiro atoms. The molecule has 3 nitrogen and oxygen atoms in total. The maximum atomic E-state index is 11.7. The van der Waals surface area contributed by atoms with Gasteiger partial charge in [-0.15, -0.1) is 0 Å². The number of ether oxygens (including phenoxy) is 1. The minimum absolute atomic E-state index is 0.147. The first-order valence-electron chi connectivity index (χ1n) is 5.95. The highest BCUT2D eigenvalue weighted by atomic mass is 16.5. The van der Waals surface area contributed by atoms with E-state index in [1.165, 1.54) is 0 Å². The number of carbonyl (C=O) groups excluding carboxylic acids is 1. The molecule has 17 heavy (non-hydrogen) atoms. The lowest BCUT2D eigenvalue weighted by Gasteiger charge is -2.15. The van der Waals surface area contributed by atoms with Crippen LogP contribution in [0.2, 0.25) is 0 Å². The summed E-state index contributed by atoms with van der Waals surface area (Å²) in [6.07, 6.45) is 0.657. The lowest BCUT2D eigenvalue weighted by atomic mass is 9.98. The summed E-state index contributed by atoms with van der Waals surface area (Å²) in [5, 5.41) is 9.14. The van der Waals surface area contributed by atoms with Gasteiger partial charge in [-0.1, -0.05) is 44.2 Å². The molecule has 1 aromatic rings. The number of carbonyl (C=O) groups is 1. The lowest BCUT2D eigenvalue weighted by Crippen LogP contribution is -2.22. The Morgan fingerprint density at radius 2 is 1.94 bits per heavy atom. The predicted octanol–water partition coefficient (Wildman–Crippen LogP) is 2.38. The van der Waals surface area contributed by atoms with Crippen LogP contribution in [-0.4, -0.2) is 17.7 Å². The van der Waals surface area contributed by atoms with Crippen molar-refractivity contribution in [1.29, 1.82) is 0 Å². The van der Waals surface area contributed by atoms with E-state index in [-0.39, 0.29) is 19.2 Å². The molecule has 0 aliphatic carbocycles. The highest BCUT2D eigenvalue weighted by Gasteiger charge is 2.20. The van der Waals surface area contributed by atoms with Crippen molar-refractivity contribution < 1.29 is 14.6 Å². The number of aliphatic hydroxyl groups excluding tert-OH is 1. The number of hydrogen-bond acceptors (Lipinski definition) is 3. The molecular weight excluding hydrogens is 216 g/mol. The Kier molecular flexibility index (Phi) is 5.70. The Bertz CT molecular complexity index is 333. The molecule has 0 radical (unpaired) electrons. The maximum absolute atomic E-state index is 11.7. The zero-order valence-electron chi connectivity index (χ0n) is 10.4. The van der Waals surface area contributed by atoms with Crippen molar-refractivity contribution in [3.8, 4) is 0 Å². The standard InChI is InChI=1S/C14H20O3/c1-11(2)8-13(9-15)14(16)17-10-12-6-4-3-5-7-12/h3-7,11,13,15H,8-10H2,1-2H3. The molecule has 1 unspecified atom stereocenters. The lowest BCUT2D eigenvalue weighted by molar-refractivity contribution is -0.151. The van der Waals surface area contributed by atoms with E-state index in [0.29, 0.717) is 12.3 Å². The van der Waals surface area contributed by atoms with Crippen LogP contribution in [0.1, 0.15) is 25.8 Å². The molecule has 1 rings (SSSR count). The molecule has 1 atom stereocenters. The zero-order valence-corrected chi connectivity index (χ0v) is 10.4. The number of benzene rings is 1. The normalized spacial score (nSPS) is 12.5. The Balaban J connectivity index is 2.42. The highest BCUT2D eigenvalue weighted by Crippen LogP contribution is 2.13. The minimum atomic E-state index is -0.404. The van der Waals surface area contributed by atoms with Gasteiger partial charge in [-0.2, -0.15) is 0 Å². The SMILES string of the molecule is CC(C)CC(CO)C(=O)OCc1ccccc1. The molecule has 0 heterocycles. The number of rotatable bonds is 6. The minimum Gasteiger partial charge on any atom is -0.461 e. The van der Waals surface area contributed by atoms with Gasteiger partial charge in [0.2, 0.25) is 0 Å². The second-order valence-electron chi connectivity index (χ2n) is 4.60. The molecule has 1 aromatic carbocycles. The zero-order chi connectivity index (χ0) is 12.7. The molecule has 0 saturated heterocycles. The first-order valence-corrected chi connectivity index (χ1v) is 5.95. The third-order valence-electron chi connectivity index (χ3n) is 2.53. The molecule has 0 saturated carbocycles. The van der Waals surface area contributed by atoms with Gasteiger partial charge in [0.15, 0.2) is 0 Å². The van der Waals surface area contributed by atoms with Crippen molar-refractivity contribution in [2.45, 2.75) is 26.9 Å². The van der Waals surface area contributed by atoms with Crippen molar-refractivity contribution in [2.24, 2.45) is 11.8 Å². The second-order valence-corrected chi connectivity index (χ2v) is 4.60. The third kappa shape index (κ3) is 5.00. The summed E-state index contributed by atoms with van der Waals surface area (Å²) in [7, 11) is 0. The van der Waals surface area contributed by atoms with Crippen LogP contribution in [0.4, 0.5) is 0 Å². The summed E-state index contributed by atoms with van der Waals surface area (Å²) in [5.74, 6) is -0.347. The smallest absolute Gasteiger partial charge is 0.311 e. The summed E-state index contributed by atoms with van der Waals surface area (Å²) in [4.78, 5) is 11.7. The first kappa shape index (κ1) is 13.7. The van der Waals surface area contributed by atoms with Gasteiger partial charge < -0.3 is 9.84 Å². The summed E-state index contributed by atoms with van der Waals surface area (Å²) < 4.78 is 5.18. The predicted molar refractivity (Wildman–Crippen MR) is 66.3 cm³/mol. The van der Waals surface area contributed by atoms with Crippen molar-refractivity contribution in [3.63, 3.8) is 0 Å². The molecule has 0 aliphatic heterocycles. The van der Waals surface area contributed by atoms with Crippen LogP contribution < -0.4 is 0 Å². The molecule has 0 bridgehead atoms. The van der Waals surface area contributed by atoms with Gasteiger partial charge >= 0.3 is 5.97 Å². The van der Waals surface area contributed by atoms with Crippen LogP contribution in [0.3, 0.4) is 0 Å². The largest absolute Gasteiger partial charge is 0.461 e. The van der Waals surface area contributed by atoms with E-state index in [4.69, 9.17) is 9.84 Å². The highest BCUT2D eigenvalue weighted by molar-refractivity contribution is 5.72. The van der Waals surface area contributed by atoms with Gasteiger partial charge in [-0.25, -0.2) is 0 Å². The molecule has 0 aliphatic rings. The van der Waals surface area contributed by atoms with Gasteiger partial charge in [0.1, 0.15) is 6.61 Å². The summed E-state index contributed by atoms with van der Waals surface area (Å²) in [6.45, 7) is 4.17. The third-order valence-corrected chi connectivity index (χ3v) is 2.53. The van der Waals surface area contributed by atoms with Crippen molar-refractivity contribution in [1.82, 2.24) is 0 Å². The molecule has 94 valence electrons. The summed E-state index contributed by atoms with van der Waals surface area (Å²) in [6, 6.07) is 9.54. The van der Waals surface area contributed by atoms with Gasteiger partial charge in [-0.3, -0.25) is 4.79 Å². The van der Waals surface area contributed by atoms with E-state index < -0.39 is 5.92 Å². The quantitative estimate of drug-likeness (QED) is 0.771. The molecule has 3 heteroatoms. The van der Waals surface area contributed by atoms with Crippen LogP contribution in [-0.2, 0) is 16.1 Å². The fraction of sp³-hybridized carbons (Fsp3) is 0.500. The van der Waals surface area contributed by atoms with Crippen molar-refractivity contribution in [3.05, 3.63) is 35.9 Å². The van der Waals surface area contributed by atoms with Crippen LogP contribution in [0.15, 0.2) is 30.3 Å². The van der Waals surface area contributed by atoms with Crippen LogP contribution >= 0.6 is 0 Å². The number of aliphatic hydroxyl groups is 1. The van der Waals surface area contributed by atoms with Gasteiger partial charge in [0.05, 0.1) is 12.5 Å². The average Bonchev–Trinajstić information content (AvgIpc) is 2.34. The van der Waals surface area contributed by atoms with Gasteiger partial charge in [0.25, 0.3) is 0 Å². The topological polar surface area (TPSA) is 46.5 Å². The van der Waals surface area contributed by atoms with E-state index in [1.807, 2.05) is 44.2 Å². The van der Waals surface area contributed by atoms with Crippen LogP contribution in [0.5, 0.6) is 0 Å². The Labute approximate surface area is 102 Å². The van der Waals surface area contributed by atoms with Crippen molar-refractivity contribution >= 4 is 5.97 Å². The molecule has 0 fully saturated rings. The Morgan fingerprint density at radius 1 is 1.29 bits per heavy atom. The van der Waals surface area contributed by atoms with E-state index in [0.717, 1.165) is 5.56 Å². The molecular formula is C14H20O3. The van der Waals surface area contributed by atoms with E-state index in [1.54, 1.807) is 0 Å². The van der Waals surface area contributed by atoms with Gasteiger partial charge in [0, 0.05) is 0 Å². The van der Waals surface area contributed by atoms with E-state index >= 15 is 0 Å². The summed E-state index contributed by atoms with van der Waals surface area (Å²) >= 11 is 0. The average molecular weight is 236 g/mol. The molecule has 0 aromatic heterocycles. The second kappa shape index (κ2) is 7.07. The first-order chi connectivity index (χ1) is 8.13. The number of hydrogen-bond donors (Lipinski definition) is 1. The monoisotopic (exact) mass is 236 g/mol. The summed E-state index contributed by atoms with van der Waals surface area (Å²) in [5.41, 5.74) is 0.960. The molecule has 1 N–H and O–H groups in total. The van der Waals surface area contributed by atoms with Crippen molar-refractivity contribution in [2.75, 3.05) is 6.61 Å². The van der Waals surface area contributed by atoms with E-state index in [9.17, 15) is 4.79 Å². The molecule has 0 amide bonds. The van der Waals surface area contributed by atoms with Crippen LogP contribution in [0.25, 0.3) is 0 Å². The van der Waals surface area contributed by atoms with E-state index in [2.05, 4.69) is 0 Å². The number of esters is 1. The fourth-order valence-electron chi connectivity index (χ4n) is 1.66. The maximum Gasteiger partial charge on any atom is 0.311 e. The Hall–Kier alpha value is -1.35. The van der Waals surface area contributed by atoms with Gasteiger partial charge in [-0.05, 0) is 17.9 Å². The fourth-order valence-corrected chi connectivity index (χ4v) is 1.66.